The Bertz CT molecular complexity index is 335. The van der Waals surface area contributed by atoms with Gasteiger partial charge in [0.2, 0.25) is 11.8 Å². The van der Waals surface area contributed by atoms with Crippen molar-refractivity contribution in [1.29, 1.82) is 0 Å². The number of aliphatic carboxylic acids is 2. The second-order valence-corrected chi connectivity index (χ2v) is 2.27. The van der Waals surface area contributed by atoms with E-state index in [1.807, 2.05) is 5.32 Å². The van der Waals surface area contributed by atoms with Crippen LogP contribution >= 0.6 is 0 Å². The molecule has 17 heavy (non-hydrogen) atoms. The van der Waals surface area contributed by atoms with Crippen LogP contribution in [0.3, 0.4) is 0 Å². The Labute approximate surface area is 96.7 Å². The second kappa shape index (κ2) is 9.84. The number of hydrogen-bond donors (Lipinski definition) is 3. The molecule has 0 rings (SSSR count). The SMILES string of the molecule is C=CC(=O)NC(=O)C=C.O=C(O)/C=C\C(=O)O. The van der Waals surface area contributed by atoms with Gasteiger partial charge in [0.1, 0.15) is 0 Å². The quantitative estimate of drug-likeness (QED) is 0.582. The highest BCUT2D eigenvalue weighted by atomic mass is 16.4. The fraction of sp³-hybridized carbons (Fsp3) is 0. The van der Waals surface area contributed by atoms with E-state index >= 15 is 0 Å². The summed E-state index contributed by atoms with van der Waals surface area (Å²) in [6.45, 7) is 6.30. The molecule has 0 heterocycles. The minimum atomic E-state index is -1.26. The van der Waals surface area contributed by atoms with Crippen LogP contribution in [0.4, 0.5) is 0 Å². The molecule has 0 aliphatic carbocycles. The Morgan fingerprint density at radius 3 is 1.29 bits per heavy atom. The summed E-state index contributed by atoms with van der Waals surface area (Å²) in [5, 5.41) is 17.6. The van der Waals surface area contributed by atoms with Crippen LogP contribution < -0.4 is 5.32 Å². The molecule has 0 fully saturated rings. The molecule has 7 heteroatoms. The topological polar surface area (TPSA) is 121 Å². The first-order chi connectivity index (χ1) is 7.83. The lowest BCUT2D eigenvalue weighted by Gasteiger charge is -1.91. The van der Waals surface area contributed by atoms with Gasteiger partial charge in [-0.2, -0.15) is 0 Å². The van der Waals surface area contributed by atoms with Gasteiger partial charge < -0.3 is 10.2 Å². The van der Waals surface area contributed by atoms with Gasteiger partial charge in [-0.3, -0.25) is 14.9 Å². The van der Waals surface area contributed by atoms with Gasteiger partial charge in [-0.1, -0.05) is 13.2 Å². The third-order valence-corrected chi connectivity index (χ3v) is 0.986. The maximum atomic E-state index is 10.3. The number of hydrogen-bond acceptors (Lipinski definition) is 4. The molecule has 0 aliphatic rings. The standard InChI is InChI=1S/C6H7NO2.C4H4O4/c1-3-5(8)7-6(9)4-2;5-3(6)1-2-4(7)8/h3-4H,1-2H2,(H,7,8,9);1-2H,(H,5,6)(H,7,8)/b;2-1-. The van der Waals surface area contributed by atoms with Gasteiger partial charge in [-0.05, 0) is 12.2 Å². The number of carboxylic acid groups (broad SMARTS) is 2. The molecule has 0 radical (unpaired) electrons. The molecule has 0 atom stereocenters. The second-order valence-electron chi connectivity index (χ2n) is 2.27. The fourth-order valence-electron chi connectivity index (χ4n) is 0.366. The predicted molar refractivity (Wildman–Crippen MR) is 58.0 cm³/mol. The number of amides is 2. The molecule has 0 aromatic rings. The van der Waals surface area contributed by atoms with Gasteiger partial charge >= 0.3 is 11.9 Å². The van der Waals surface area contributed by atoms with Crippen LogP contribution in [-0.4, -0.2) is 34.0 Å². The lowest BCUT2D eigenvalue weighted by Crippen LogP contribution is -2.26. The number of carbonyl (C=O) groups excluding carboxylic acids is 2. The summed E-state index contributed by atoms with van der Waals surface area (Å²) in [7, 11) is 0. The largest absolute Gasteiger partial charge is 0.478 e. The Morgan fingerprint density at radius 2 is 1.12 bits per heavy atom. The number of carbonyl (C=O) groups is 4. The molecule has 3 N–H and O–H groups in total. The van der Waals surface area contributed by atoms with Crippen LogP contribution in [0.1, 0.15) is 0 Å². The zero-order valence-corrected chi connectivity index (χ0v) is 8.75. The zero-order valence-electron chi connectivity index (χ0n) is 8.75. The molecule has 0 saturated carbocycles. The van der Waals surface area contributed by atoms with Crippen LogP contribution in [0, 0.1) is 0 Å². The third-order valence-electron chi connectivity index (χ3n) is 0.986. The Kier molecular flexibility index (Phi) is 9.68. The maximum Gasteiger partial charge on any atom is 0.328 e. The summed E-state index contributed by atoms with van der Waals surface area (Å²) in [5.74, 6) is -3.54. The van der Waals surface area contributed by atoms with Gasteiger partial charge in [0.05, 0.1) is 0 Å². The van der Waals surface area contributed by atoms with Crippen molar-refractivity contribution in [3.05, 3.63) is 37.5 Å². The van der Waals surface area contributed by atoms with E-state index in [0.29, 0.717) is 12.2 Å². The molecule has 0 saturated heterocycles. The summed E-state index contributed by atoms with van der Waals surface area (Å²) in [5.41, 5.74) is 0. The van der Waals surface area contributed by atoms with E-state index in [4.69, 9.17) is 10.2 Å². The van der Waals surface area contributed by atoms with Crippen molar-refractivity contribution in [2.45, 2.75) is 0 Å². The highest BCUT2D eigenvalue weighted by molar-refractivity contribution is 6.04. The van der Waals surface area contributed by atoms with E-state index in [0.717, 1.165) is 12.2 Å². The third kappa shape index (κ3) is 16.0. The lowest BCUT2D eigenvalue weighted by molar-refractivity contribution is -0.134. The minimum Gasteiger partial charge on any atom is -0.478 e. The zero-order chi connectivity index (χ0) is 13.8. The first-order valence-corrected chi connectivity index (χ1v) is 4.07. The Balaban J connectivity index is 0. The van der Waals surface area contributed by atoms with Crippen LogP contribution in [0.25, 0.3) is 0 Å². The lowest BCUT2D eigenvalue weighted by atomic mass is 10.5. The van der Waals surface area contributed by atoms with E-state index in [1.165, 1.54) is 0 Å². The molecule has 0 aromatic heterocycles. The monoisotopic (exact) mass is 241 g/mol. The highest BCUT2D eigenvalue weighted by Gasteiger charge is 1.96. The van der Waals surface area contributed by atoms with Crippen molar-refractivity contribution in [3.63, 3.8) is 0 Å². The molecular weight excluding hydrogens is 230 g/mol. The molecule has 0 spiro atoms. The average molecular weight is 241 g/mol. The first-order valence-electron chi connectivity index (χ1n) is 4.07. The molecule has 7 nitrogen and oxygen atoms in total. The Morgan fingerprint density at radius 1 is 0.824 bits per heavy atom. The van der Waals surface area contributed by atoms with E-state index in [-0.39, 0.29) is 0 Å². The maximum absolute atomic E-state index is 10.3. The van der Waals surface area contributed by atoms with E-state index in [1.54, 1.807) is 0 Å². The molecule has 2 amide bonds. The van der Waals surface area contributed by atoms with Crippen molar-refractivity contribution >= 4 is 23.8 Å². The predicted octanol–water partition coefficient (Wildman–Crippen LogP) is -0.287. The summed E-state index contributed by atoms with van der Waals surface area (Å²) in [4.78, 5) is 39.7. The summed E-state index contributed by atoms with van der Waals surface area (Å²) >= 11 is 0. The first kappa shape index (κ1) is 16.7. The van der Waals surface area contributed by atoms with Crippen LogP contribution in [0.15, 0.2) is 37.5 Å². The van der Waals surface area contributed by atoms with E-state index < -0.39 is 23.8 Å². The van der Waals surface area contributed by atoms with Gasteiger partial charge in [0, 0.05) is 12.2 Å². The normalized spacial score (nSPS) is 8.47. The van der Waals surface area contributed by atoms with Gasteiger partial charge in [0.15, 0.2) is 0 Å². The average Bonchev–Trinajstić information content (AvgIpc) is 2.26. The highest BCUT2D eigenvalue weighted by Crippen LogP contribution is 1.70. The summed E-state index contributed by atoms with van der Waals surface area (Å²) in [6, 6.07) is 0. The number of rotatable bonds is 4. The minimum absolute atomic E-state index is 0.514. The molecular formula is C10H11NO6. The molecule has 0 unspecified atom stereocenters. The van der Waals surface area contributed by atoms with Crippen molar-refractivity contribution in [1.82, 2.24) is 5.32 Å². The van der Waals surface area contributed by atoms with Crippen molar-refractivity contribution in [2.24, 2.45) is 0 Å². The van der Waals surface area contributed by atoms with E-state index in [2.05, 4.69) is 13.2 Å². The molecule has 0 bridgehead atoms. The van der Waals surface area contributed by atoms with Gasteiger partial charge in [-0.15, -0.1) is 0 Å². The van der Waals surface area contributed by atoms with E-state index in [9.17, 15) is 19.2 Å². The Hall–Kier alpha value is -2.70. The van der Waals surface area contributed by atoms with Gasteiger partial charge in [-0.25, -0.2) is 9.59 Å². The fourth-order valence-corrected chi connectivity index (χ4v) is 0.366. The van der Waals surface area contributed by atoms with Crippen LogP contribution in [0.2, 0.25) is 0 Å². The number of imide groups is 1. The smallest absolute Gasteiger partial charge is 0.328 e. The summed E-state index contributed by atoms with van der Waals surface area (Å²) in [6.07, 6.45) is 3.15. The van der Waals surface area contributed by atoms with Gasteiger partial charge in [0.25, 0.3) is 0 Å². The molecule has 92 valence electrons. The summed E-state index contributed by atoms with van der Waals surface area (Å²) < 4.78 is 0. The van der Waals surface area contributed by atoms with Crippen LogP contribution in [-0.2, 0) is 19.2 Å². The number of nitrogens with one attached hydrogen (secondary N) is 1. The van der Waals surface area contributed by atoms with Crippen molar-refractivity contribution in [3.8, 4) is 0 Å². The van der Waals surface area contributed by atoms with Crippen molar-refractivity contribution < 1.29 is 29.4 Å². The molecule has 0 aliphatic heterocycles. The molecule has 0 aromatic carbocycles. The van der Waals surface area contributed by atoms with Crippen molar-refractivity contribution in [2.75, 3.05) is 0 Å². The number of carboxylic acids is 2. The van der Waals surface area contributed by atoms with Crippen LogP contribution in [0.5, 0.6) is 0 Å².